The van der Waals surface area contributed by atoms with Crippen molar-refractivity contribution in [3.8, 4) is 12.1 Å². The van der Waals surface area contributed by atoms with Gasteiger partial charge < -0.3 is 4.90 Å². The topological polar surface area (TPSA) is 105 Å². The zero-order valence-electron chi connectivity index (χ0n) is 15.4. The number of carbonyl (C=O) groups excluding carboxylic acids is 1. The van der Waals surface area contributed by atoms with E-state index in [0.717, 1.165) is 4.31 Å². The van der Waals surface area contributed by atoms with E-state index in [0.29, 0.717) is 5.69 Å². The third-order valence-corrected chi connectivity index (χ3v) is 5.91. The van der Waals surface area contributed by atoms with Crippen LogP contribution in [0.15, 0.2) is 59.5 Å². The van der Waals surface area contributed by atoms with Gasteiger partial charge in [-0.2, -0.15) is 10.5 Å². The summed E-state index contributed by atoms with van der Waals surface area (Å²) in [6.07, 6.45) is 0.262. The lowest BCUT2D eigenvalue weighted by Gasteiger charge is -2.22. The van der Waals surface area contributed by atoms with E-state index in [1.807, 2.05) is 12.1 Å². The Bertz CT molecular complexity index is 990. The number of nitrogens with zero attached hydrogens (tertiary/aromatic N) is 4. The van der Waals surface area contributed by atoms with Gasteiger partial charge in [-0.25, -0.2) is 8.42 Å². The summed E-state index contributed by atoms with van der Waals surface area (Å²) in [4.78, 5) is 14.2. The molecule has 28 heavy (non-hydrogen) atoms. The summed E-state index contributed by atoms with van der Waals surface area (Å²) < 4.78 is 27.0. The van der Waals surface area contributed by atoms with Gasteiger partial charge in [0.1, 0.15) is 0 Å². The van der Waals surface area contributed by atoms with Gasteiger partial charge in [-0.05, 0) is 30.3 Å². The summed E-state index contributed by atoms with van der Waals surface area (Å²) in [5.41, 5.74) is 0.697. The molecule has 2 rings (SSSR count). The van der Waals surface area contributed by atoms with Gasteiger partial charge in [0, 0.05) is 25.7 Å². The van der Waals surface area contributed by atoms with E-state index in [-0.39, 0.29) is 36.4 Å². The van der Waals surface area contributed by atoms with Crippen LogP contribution in [0.4, 0.5) is 5.69 Å². The lowest BCUT2D eigenvalue weighted by Crippen LogP contribution is -2.33. The SMILES string of the molecule is CN(c1ccccc1)S(=O)(=O)c1cccc(C(=O)N(CCC#N)CCC#N)c1. The second-order valence-electron chi connectivity index (χ2n) is 5.94. The van der Waals surface area contributed by atoms with Crippen molar-refractivity contribution < 1.29 is 13.2 Å². The molecular formula is C20H20N4O3S. The Labute approximate surface area is 165 Å². The molecule has 7 nitrogen and oxygen atoms in total. The highest BCUT2D eigenvalue weighted by atomic mass is 32.2. The zero-order chi connectivity index (χ0) is 20.6. The Kier molecular flexibility index (Phi) is 7.14. The third kappa shape index (κ3) is 4.87. The largest absolute Gasteiger partial charge is 0.337 e. The van der Waals surface area contributed by atoms with Crippen molar-refractivity contribution in [3.63, 3.8) is 0 Å². The summed E-state index contributed by atoms with van der Waals surface area (Å²) in [5, 5.41) is 17.6. The minimum Gasteiger partial charge on any atom is -0.337 e. The van der Waals surface area contributed by atoms with Gasteiger partial charge >= 0.3 is 0 Å². The summed E-state index contributed by atoms with van der Waals surface area (Å²) in [7, 11) is -2.40. The fourth-order valence-electron chi connectivity index (χ4n) is 2.59. The van der Waals surface area contributed by atoms with Gasteiger partial charge in [0.15, 0.2) is 0 Å². The van der Waals surface area contributed by atoms with Crippen LogP contribution in [-0.4, -0.2) is 39.4 Å². The molecule has 0 atom stereocenters. The average molecular weight is 396 g/mol. The van der Waals surface area contributed by atoms with E-state index < -0.39 is 15.9 Å². The third-order valence-electron chi connectivity index (χ3n) is 4.13. The van der Waals surface area contributed by atoms with Gasteiger partial charge in [-0.15, -0.1) is 0 Å². The second-order valence-corrected chi connectivity index (χ2v) is 7.91. The maximum absolute atomic E-state index is 12.9. The number of hydrogen-bond donors (Lipinski definition) is 0. The molecule has 0 saturated carbocycles. The zero-order valence-corrected chi connectivity index (χ0v) is 16.3. The molecule has 2 aromatic rings. The van der Waals surface area contributed by atoms with E-state index in [9.17, 15) is 13.2 Å². The minimum absolute atomic E-state index is 0.00906. The highest BCUT2D eigenvalue weighted by Gasteiger charge is 2.23. The highest BCUT2D eigenvalue weighted by molar-refractivity contribution is 7.92. The van der Waals surface area contributed by atoms with Crippen LogP contribution in [0.3, 0.4) is 0 Å². The van der Waals surface area contributed by atoms with Crippen LogP contribution in [0.2, 0.25) is 0 Å². The number of carbonyl (C=O) groups is 1. The molecule has 144 valence electrons. The first-order valence-electron chi connectivity index (χ1n) is 8.59. The summed E-state index contributed by atoms with van der Waals surface area (Å²) in [6.45, 7) is 0.357. The first-order chi connectivity index (χ1) is 13.4. The van der Waals surface area contributed by atoms with E-state index in [1.54, 1.807) is 30.3 Å². The van der Waals surface area contributed by atoms with Crippen molar-refractivity contribution in [1.29, 1.82) is 10.5 Å². The fourth-order valence-corrected chi connectivity index (χ4v) is 3.83. The van der Waals surface area contributed by atoms with Crippen molar-refractivity contribution >= 4 is 21.6 Å². The molecule has 0 heterocycles. The van der Waals surface area contributed by atoms with Crippen LogP contribution in [0.1, 0.15) is 23.2 Å². The maximum atomic E-state index is 12.9. The van der Waals surface area contributed by atoms with Crippen LogP contribution < -0.4 is 4.31 Å². The molecule has 0 fully saturated rings. The van der Waals surface area contributed by atoms with E-state index in [2.05, 4.69) is 0 Å². The molecule has 2 aromatic carbocycles. The number of para-hydroxylation sites is 1. The number of sulfonamides is 1. The van der Waals surface area contributed by atoms with Crippen LogP contribution in [0.5, 0.6) is 0 Å². The van der Waals surface area contributed by atoms with E-state index in [1.165, 1.54) is 36.2 Å². The van der Waals surface area contributed by atoms with Crippen molar-refractivity contribution in [1.82, 2.24) is 4.90 Å². The molecule has 0 spiro atoms. The first kappa shape index (κ1) is 20.9. The van der Waals surface area contributed by atoms with Crippen LogP contribution >= 0.6 is 0 Å². The van der Waals surface area contributed by atoms with Gasteiger partial charge in [0.2, 0.25) is 0 Å². The summed E-state index contributed by atoms with van der Waals surface area (Å²) in [6, 6.07) is 18.4. The van der Waals surface area contributed by atoms with Crippen molar-refractivity contribution in [2.75, 3.05) is 24.4 Å². The van der Waals surface area contributed by atoms with Crippen molar-refractivity contribution in [2.45, 2.75) is 17.7 Å². The minimum atomic E-state index is -3.85. The Morgan fingerprint density at radius 1 is 0.964 bits per heavy atom. The fraction of sp³-hybridized carbons (Fsp3) is 0.250. The number of rotatable bonds is 8. The van der Waals surface area contributed by atoms with E-state index in [4.69, 9.17) is 10.5 Å². The second kappa shape index (κ2) is 9.54. The number of nitriles is 2. The first-order valence-corrected chi connectivity index (χ1v) is 10.0. The van der Waals surface area contributed by atoms with Crippen molar-refractivity contribution in [2.24, 2.45) is 0 Å². The van der Waals surface area contributed by atoms with E-state index >= 15 is 0 Å². The Balaban J connectivity index is 2.33. The van der Waals surface area contributed by atoms with Gasteiger partial charge in [0.25, 0.3) is 15.9 Å². The predicted molar refractivity (Wildman–Crippen MR) is 105 cm³/mol. The molecule has 8 heteroatoms. The quantitative estimate of drug-likeness (QED) is 0.682. The molecule has 1 amide bonds. The highest BCUT2D eigenvalue weighted by Crippen LogP contribution is 2.22. The molecule has 0 aliphatic rings. The molecule has 0 aromatic heterocycles. The number of benzene rings is 2. The lowest BCUT2D eigenvalue weighted by molar-refractivity contribution is 0.0762. The number of hydrogen-bond acceptors (Lipinski definition) is 5. The molecule has 0 radical (unpaired) electrons. The Hall–Kier alpha value is -3.36. The molecule has 0 aliphatic carbocycles. The van der Waals surface area contributed by atoms with Crippen LogP contribution in [0, 0.1) is 22.7 Å². The normalized spacial score (nSPS) is 10.5. The van der Waals surface area contributed by atoms with Gasteiger partial charge in [0.05, 0.1) is 35.6 Å². The van der Waals surface area contributed by atoms with Crippen molar-refractivity contribution in [3.05, 3.63) is 60.2 Å². The number of anilines is 1. The van der Waals surface area contributed by atoms with Gasteiger partial charge in [-0.1, -0.05) is 24.3 Å². The molecule has 0 N–H and O–H groups in total. The number of amides is 1. The molecule has 0 aliphatic heterocycles. The van der Waals surface area contributed by atoms with Crippen LogP contribution in [0.25, 0.3) is 0 Å². The molecule has 0 saturated heterocycles. The standard InChI is InChI=1S/C20H20N4O3S/c1-23(18-9-3-2-4-10-18)28(26,27)19-11-5-8-17(16-19)20(25)24(14-6-12-21)15-7-13-22/h2-5,8-11,16H,6-7,14-15H2,1H3. The molecule has 0 bridgehead atoms. The summed E-state index contributed by atoms with van der Waals surface area (Å²) in [5.74, 6) is -0.412. The monoisotopic (exact) mass is 396 g/mol. The lowest BCUT2D eigenvalue weighted by atomic mass is 10.2. The summed E-state index contributed by atoms with van der Waals surface area (Å²) >= 11 is 0. The van der Waals surface area contributed by atoms with Gasteiger partial charge in [-0.3, -0.25) is 9.10 Å². The Morgan fingerprint density at radius 2 is 1.57 bits per heavy atom. The van der Waals surface area contributed by atoms with Crippen LogP contribution in [-0.2, 0) is 10.0 Å². The molecular weight excluding hydrogens is 376 g/mol. The predicted octanol–water partition coefficient (Wildman–Crippen LogP) is 2.78. The maximum Gasteiger partial charge on any atom is 0.264 e. The smallest absolute Gasteiger partial charge is 0.264 e. The Morgan fingerprint density at radius 3 is 2.14 bits per heavy atom. The average Bonchev–Trinajstić information content (AvgIpc) is 2.73. The molecule has 0 unspecified atom stereocenters.